The summed E-state index contributed by atoms with van der Waals surface area (Å²) < 4.78 is 0. The van der Waals surface area contributed by atoms with Gasteiger partial charge < -0.3 is 10.6 Å². The van der Waals surface area contributed by atoms with E-state index in [4.69, 9.17) is 5.73 Å². The predicted molar refractivity (Wildman–Crippen MR) is 98.5 cm³/mol. The summed E-state index contributed by atoms with van der Waals surface area (Å²) in [6.07, 6.45) is 3.68. The summed E-state index contributed by atoms with van der Waals surface area (Å²) in [4.78, 5) is 29.0. The fourth-order valence-electron chi connectivity index (χ4n) is 4.89. The van der Waals surface area contributed by atoms with E-state index in [1.54, 1.807) is 0 Å². The predicted octanol–water partition coefficient (Wildman–Crippen LogP) is 1.36. The summed E-state index contributed by atoms with van der Waals surface area (Å²) in [6, 6.07) is 7.42. The molecule has 2 saturated heterocycles. The number of H-pyrrole nitrogens is 1. The molecule has 0 bridgehead atoms. The van der Waals surface area contributed by atoms with Crippen LogP contribution in [0.4, 0.5) is 0 Å². The Morgan fingerprint density at radius 2 is 1.92 bits per heavy atom. The van der Waals surface area contributed by atoms with E-state index < -0.39 is 0 Å². The minimum Gasteiger partial charge on any atom is -0.368 e. The highest BCUT2D eigenvalue weighted by molar-refractivity contribution is 6.04. The lowest BCUT2D eigenvalue weighted by Crippen LogP contribution is -2.60. The molecule has 3 heterocycles. The highest BCUT2D eigenvalue weighted by Gasteiger charge is 2.48. The largest absolute Gasteiger partial charge is 0.368 e. The molecule has 0 aliphatic carbocycles. The number of nitrogens with two attached hydrogens (primary N) is 1. The Morgan fingerprint density at radius 3 is 2.65 bits per heavy atom. The van der Waals surface area contributed by atoms with Crippen LogP contribution in [0, 0.1) is 5.41 Å². The summed E-state index contributed by atoms with van der Waals surface area (Å²) >= 11 is 0. The number of likely N-dealkylation sites (N-methyl/N-ethyl adjacent to an activating group) is 1. The van der Waals surface area contributed by atoms with Crippen LogP contribution in [0.3, 0.4) is 0 Å². The number of primary amides is 1. The van der Waals surface area contributed by atoms with Gasteiger partial charge in [-0.05, 0) is 50.8 Å². The lowest BCUT2D eigenvalue weighted by molar-refractivity contribution is -0.132. The number of nitrogens with one attached hydrogen (secondary N) is 1. The van der Waals surface area contributed by atoms with E-state index >= 15 is 0 Å². The first kappa shape index (κ1) is 17.0. The zero-order valence-corrected chi connectivity index (χ0v) is 15.1. The molecule has 1 aromatic heterocycles. The second-order valence-electron chi connectivity index (χ2n) is 7.66. The van der Waals surface area contributed by atoms with Crippen molar-refractivity contribution in [1.29, 1.82) is 0 Å². The normalized spacial score (nSPS) is 23.4. The van der Waals surface area contributed by atoms with Gasteiger partial charge in [-0.1, -0.05) is 18.2 Å². The van der Waals surface area contributed by atoms with Gasteiger partial charge in [0.2, 0.25) is 5.91 Å². The van der Waals surface area contributed by atoms with Gasteiger partial charge in [0, 0.05) is 18.5 Å². The fraction of sp³-hybridized carbons (Fsp3) is 0.526. The molecular weight excluding hydrogens is 330 g/mol. The number of carbonyl (C=O) groups excluding carboxylic acids is 2. The van der Waals surface area contributed by atoms with Crippen molar-refractivity contribution in [2.75, 3.05) is 26.7 Å². The summed E-state index contributed by atoms with van der Waals surface area (Å²) in [5.74, 6) is -0.289. The van der Waals surface area contributed by atoms with Crippen LogP contribution in [-0.2, 0) is 4.79 Å². The van der Waals surface area contributed by atoms with E-state index in [2.05, 4.69) is 15.1 Å². The molecule has 4 rings (SSSR count). The van der Waals surface area contributed by atoms with E-state index in [1.165, 1.54) is 0 Å². The average molecular weight is 355 g/mol. The van der Waals surface area contributed by atoms with Gasteiger partial charge in [0.15, 0.2) is 5.69 Å². The van der Waals surface area contributed by atoms with Crippen molar-refractivity contribution in [2.45, 2.75) is 31.7 Å². The molecule has 0 saturated carbocycles. The molecule has 2 aromatic rings. The third-order valence-corrected chi connectivity index (χ3v) is 6.20. The SMILES string of the molecule is CN1CCCC2(CCN(C(=O)c3n[nH]c4ccccc34)CC2)C1C(N)=O. The second-order valence-corrected chi connectivity index (χ2v) is 7.66. The number of hydrogen-bond donors (Lipinski definition) is 2. The maximum atomic E-state index is 13.0. The van der Waals surface area contributed by atoms with E-state index in [-0.39, 0.29) is 23.3 Å². The molecule has 2 aliphatic heterocycles. The van der Waals surface area contributed by atoms with Crippen LogP contribution in [0.25, 0.3) is 10.9 Å². The molecule has 1 atom stereocenters. The minimum absolute atomic E-state index is 0.0444. The summed E-state index contributed by atoms with van der Waals surface area (Å²) in [6.45, 7) is 2.17. The third kappa shape index (κ3) is 2.67. The molecular formula is C19H25N5O2. The fourth-order valence-corrected chi connectivity index (χ4v) is 4.89. The highest BCUT2D eigenvalue weighted by atomic mass is 16.2. The molecule has 1 aromatic carbocycles. The van der Waals surface area contributed by atoms with Crippen molar-refractivity contribution in [2.24, 2.45) is 11.1 Å². The first-order chi connectivity index (χ1) is 12.5. The topological polar surface area (TPSA) is 95.3 Å². The van der Waals surface area contributed by atoms with Crippen LogP contribution in [-0.4, -0.2) is 64.5 Å². The number of piperidine rings is 2. The van der Waals surface area contributed by atoms with Gasteiger partial charge in [-0.2, -0.15) is 5.10 Å². The third-order valence-electron chi connectivity index (χ3n) is 6.20. The zero-order chi connectivity index (χ0) is 18.3. The number of hydrogen-bond acceptors (Lipinski definition) is 4. The van der Waals surface area contributed by atoms with Crippen LogP contribution in [0.1, 0.15) is 36.2 Å². The number of aromatic nitrogens is 2. The molecule has 2 fully saturated rings. The number of likely N-dealkylation sites (tertiary alicyclic amines) is 2. The monoisotopic (exact) mass is 355 g/mol. The standard InChI is InChI=1S/C19H25N5O2/c1-23-10-4-7-19(16(23)17(20)25)8-11-24(12-9-19)18(26)15-13-5-2-3-6-14(13)21-22-15/h2-3,5-6,16H,4,7-12H2,1H3,(H2,20,25)(H,21,22). The van der Waals surface area contributed by atoms with E-state index in [0.717, 1.165) is 43.1 Å². The molecule has 7 heteroatoms. The molecule has 2 amide bonds. The molecule has 3 N–H and O–H groups in total. The van der Waals surface area contributed by atoms with Crippen molar-refractivity contribution < 1.29 is 9.59 Å². The Balaban J connectivity index is 1.53. The number of benzene rings is 1. The van der Waals surface area contributed by atoms with Crippen molar-refractivity contribution >= 4 is 22.7 Å². The van der Waals surface area contributed by atoms with Crippen molar-refractivity contribution in [3.05, 3.63) is 30.0 Å². The quantitative estimate of drug-likeness (QED) is 0.850. The second kappa shape index (κ2) is 6.39. The van der Waals surface area contributed by atoms with Gasteiger partial charge in [0.1, 0.15) is 0 Å². The number of fused-ring (bicyclic) bond motifs is 1. The van der Waals surface area contributed by atoms with Crippen LogP contribution in [0.15, 0.2) is 24.3 Å². The van der Waals surface area contributed by atoms with E-state index in [9.17, 15) is 9.59 Å². The van der Waals surface area contributed by atoms with Crippen molar-refractivity contribution in [1.82, 2.24) is 20.0 Å². The zero-order valence-electron chi connectivity index (χ0n) is 15.1. The molecule has 2 aliphatic rings. The first-order valence-corrected chi connectivity index (χ1v) is 9.24. The van der Waals surface area contributed by atoms with Gasteiger partial charge >= 0.3 is 0 Å². The van der Waals surface area contributed by atoms with Crippen LogP contribution in [0.2, 0.25) is 0 Å². The number of rotatable bonds is 2. The van der Waals surface area contributed by atoms with E-state index in [1.807, 2.05) is 36.2 Å². The van der Waals surface area contributed by atoms with Crippen LogP contribution >= 0.6 is 0 Å². The lowest BCUT2D eigenvalue weighted by Gasteiger charge is -2.51. The average Bonchev–Trinajstić information content (AvgIpc) is 3.05. The number of amides is 2. The molecule has 138 valence electrons. The Hall–Kier alpha value is -2.41. The van der Waals surface area contributed by atoms with Gasteiger partial charge in [0.25, 0.3) is 5.91 Å². The maximum absolute atomic E-state index is 13.0. The number of nitrogens with zero attached hydrogens (tertiary/aromatic N) is 3. The Labute approximate surface area is 152 Å². The summed E-state index contributed by atoms with van der Waals surface area (Å²) in [5.41, 5.74) is 6.96. The number of para-hydroxylation sites is 1. The van der Waals surface area contributed by atoms with E-state index in [0.29, 0.717) is 18.8 Å². The molecule has 7 nitrogen and oxygen atoms in total. The molecule has 0 radical (unpaired) electrons. The highest BCUT2D eigenvalue weighted by Crippen LogP contribution is 2.44. The van der Waals surface area contributed by atoms with Gasteiger partial charge in [0.05, 0.1) is 11.6 Å². The molecule has 1 spiro atoms. The van der Waals surface area contributed by atoms with Crippen LogP contribution in [0.5, 0.6) is 0 Å². The smallest absolute Gasteiger partial charge is 0.274 e. The summed E-state index contributed by atoms with van der Waals surface area (Å²) in [7, 11) is 1.98. The van der Waals surface area contributed by atoms with Gasteiger partial charge in [-0.15, -0.1) is 0 Å². The lowest BCUT2D eigenvalue weighted by atomic mass is 9.66. The minimum atomic E-state index is -0.245. The van der Waals surface area contributed by atoms with Crippen molar-refractivity contribution in [3.8, 4) is 0 Å². The first-order valence-electron chi connectivity index (χ1n) is 9.24. The van der Waals surface area contributed by atoms with Gasteiger partial charge in [-0.25, -0.2) is 0 Å². The summed E-state index contributed by atoms with van der Waals surface area (Å²) in [5, 5.41) is 8.01. The number of aromatic amines is 1. The Bertz CT molecular complexity index is 837. The Kier molecular flexibility index (Phi) is 4.19. The van der Waals surface area contributed by atoms with Crippen molar-refractivity contribution in [3.63, 3.8) is 0 Å². The Morgan fingerprint density at radius 1 is 1.19 bits per heavy atom. The molecule has 26 heavy (non-hydrogen) atoms. The maximum Gasteiger partial charge on any atom is 0.274 e. The van der Waals surface area contributed by atoms with Gasteiger partial charge in [-0.3, -0.25) is 19.6 Å². The van der Waals surface area contributed by atoms with Crippen LogP contribution < -0.4 is 5.73 Å². The number of carbonyl (C=O) groups is 2. The molecule has 1 unspecified atom stereocenters.